The zero-order valence-corrected chi connectivity index (χ0v) is 23.3. The third-order valence-corrected chi connectivity index (χ3v) is 7.46. The van der Waals surface area contributed by atoms with Crippen LogP contribution < -0.4 is 0 Å². The molecule has 3 N–H and O–H groups in total. The molecule has 1 aromatic heterocycles. The van der Waals surface area contributed by atoms with Crippen LogP contribution in [0.3, 0.4) is 0 Å². The molecule has 41 heavy (non-hydrogen) atoms. The highest BCUT2D eigenvalue weighted by molar-refractivity contribution is 6.22. The third-order valence-electron chi connectivity index (χ3n) is 7.46. The van der Waals surface area contributed by atoms with Gasteiger partial charge in [0.15, 0.2) is 5.88 Å². The molecule has 1 amide bonds. The van der Waals surface area contributed by atoms with Crippen molar-refractivity contribution in [1.29, 1.82) is 0 Å². The minimum absolute atomic E-state index is 0.0270. The molecule has 0 atom stereocenters. The first-order chi connectivity index (χ1) is 19.9. The lowest BCUT2D eigenvalue weighted by Gasteiger charge is -2.21. The minimum atomic E-state index is -0.450. The number of ether oxygens (including phenoxy) is 1. The second-order valence-electron chi connectivity index (χ2n) is 10.1. The fourth-order valence-corrected chi connectivity index (χ4v) is 5.30. The highest BCUT2D eigenvalue weighted by atomic mass is 16.5. The van der Waals surface area contributed by atoms with Crippen molar-refractivity contribution in [2.24, 2.45) is 4.99 Å². The standard InChI is InChI=1S/C32H34N4O5/c1-21-19-26-27(20-25(21)32(40)41-2)34-30(38)28(26)29(22-7-4-3-5-8-22)33-24-11-9-23(10-12-24)31(39)36-14-6-13-35(15-16-36)17-18-37/h3-5,7-12,19-20,34,37-38H,6,13-18H2,1-2H3. The monoisotopic (exact) mass is 554 g/mol. The molecule has 0 bridgehead atoms. The van der Waals surface area contributed by atoms with E-state index in [1.54, 1.807) is 30.3 Å². The fraction of sp³-hybridized carbons (Fsp3) is 0.281. The van der Waals surface area contributed by atoms with Crippen LogP contribution in [0.4, 0.5) is 5.69 Å². The van der Waals surface area contributed by atoms with Gasteiger partial charge in [0.2, 0.25) is 0 Å². The van der Waals surface area contributed by atoms with Gasteiger partial charge in [0.1, 0.15) is 0 Å². The minimum Gasteiger partial charge on any atom is -0.494 e. The van der Waals surface area contributed by atoms with Crippen molar-refractivity contribution >= 4 is 34.2 Å². The number of fused-ring (bicyclic) bond motifs is 1. The predicted octanol–water partition coefficient (Wildman–Crippen LogP) is 4.28. The molecule has 9 nitrogen and oxygen atoms in total. The number of nitrogens with zero attached hydrogens (tertiary/aromatic N) is 3. The third kappa shape index (κ3) is 6.01. The number of aryl methyl sites for hydroxylation is 1. The fourth-order valence-electron chi connectivity index (χ4n) is 5.30. The summed E-state index contributed by atoms with van der Waals surface area (Å²) in [5.41, 5.74) is 4.80. The molecular weight excluding hydrogens is 520 g/mol. The Morgan fingerprint density at radius 2 is 1.73 bits per heavy atom. The van der Waals surface area contributed by atoms with E-state index in [1.165, 1.54) is 7.11 Å². The number of aliphatic hydroxyl groups excluding tert-OH is 1. The lowest BCUT2D eigenvalue weighted by molar-refractivity contribution is 0.0599. The highest BCUT2D eigenvalue weighted by Crippen LogP contribution is 2.33. The Labute approximate surface area is 238 Å². The number of aromatic nitrogens is 1. The van der Waals surface area contributed by atoms with E-state index in [0.29, 0.717) is 58.8 Å². The van der Waals surface area contributed by atoms with Crippen LogP contribution in [0.15, 0.2) is 71.7 Å². The van der Waals surface area contributed by atoms with Crippen LogP contribution in [-0.4, -0.2) is 89.0 Å². The number of hydrogen-bond acceptors (Lipinski definition) is 7. The molecule has 0 spiro atoms. The summed E-state index contributed by atoms with van der Waals surface area (Å²) < 4.78 is 4.91. The number of esters is 1. The Hall–Kier alpha value is -4.47. The van der Waals surface area contributed by atoms with E-state index < -0.39 is 5.97 Å². The molecule has 1 aliphatic rings. The topological polar surface area (TPSA) is 118 Å². The van der Waals surface area contributed by atoms with Gasteiger partial charge in [-0.25, -0.2) is 9.79 Å². The molecule has 212 valence electrons. The number of H-pyrrole nitrogens is 1. The maximum atomic E-state index is 13.2. The van der Waals surface area contributed by atoms with Crippen LogP contribution in [0, 0.1) is 6.92 Å². The quantitative estimate of drug-likeness (QED) is 0.232. The van der Waals surface area contributed by atoms with Gasteiger partial charge in [0.05, 0.1) is 36.2 Å². The largest absolute Gasteiger partial charge is 0.494 e. The van der Waals surface area contributed by atoms with E-state index in [-0.39, 0.29) is 18.4 Å². The van der Waals surface area contributed by atoms with E-state index in [0.717, 1.165) is 30.5 Å². The lowest BCUT2D eigenvalue weighted by Crippen LogP contribution is -2.35. The van der Waals surface area contributed by atoms with Crippen molar-refractivity contribution in [3.63, 3.8) is 0 Å². The van der Waals surface area contributed by atoms with Gasteiger partial charge in [-0.15, -0.1) is 0 Å². The number of rotatable bonds is 7. The van der Waals surface area contributed by atoms with Gasteiger partial charge in [0.25, 0.3) is 5.91 Å². The summed E-state index contributed by atoms with van der Waals surface area (Å²) in [4.78, 5) is 37.4. The molecule has 4 aromatic rings. The predicted molar refractivity (Wildman–Crippen MR) is 158 cm³/mol. The molecule has 0 aliphatic carbocycles. The van der Waals surface area contributed by atoms with E-state index in [9.17, 15) is 19.8 Å². The number of methoxy groups -OCH3 is 1. The molecule has 3 aromatic carbocycles. The van der Waals surface area contributed by atoms with Crippen molar-refractivity contribution in [2.45, 2.75) is 13.3 Å². The van der Waals surface area contributed by atoms with E-state index in [1.807, 2.05) is 48.2 Å². The first-order valence-corrected chi connectivity index (χ1v) is 13.7. The molecule has 1 aliphatic heterocycles. The number of carbonyl (C=O) groups excluding carboxylic acids is 2. The number of aromatic hydroxyl groups is 1. The molecule has 0 radical (unpaired) electrons. The number of aliphatic imine (C=N–C) groups is 1. The number of hydrogen-bond donors (Lipinski definition) is 3. The Morgan fingerprint density at radius 1 is 0.976 bits per heavy atom. The summed E-state index contributed by atoms with van der Waals surface area (Å²) in [5.74, 6) is -0.540. The summed E-state index contributed by atoms with van der Waals surface area (Å²) in [6.45, 7) is 5.46. The molecule has 2 heterocycles. The van der Waals surface area contributed by atoms with E-state index >= 15 is 0 Å². The highest BCUT2D eigenvalue weighted by Gasteiger charge is 2.22. The maximum Gasteiger partial charge on any atom is 0.338 e. The summed E-state index contributed by atoms with van der Waals surface area (Å²) in [5, 5.41) is 21.0. The van der Waals surface area contributed by atoms with Crippen LogP contribution in [0.5, 0.6) is 5.88 Å². The van der Waals surface area contributed by atoms with Crippen molar-refractivity contribution in [2.75, 3.05) is 46.4 Å². The number of aliphatic hydroxyl groups is 1. The Morgan fingerprint density at radius 3 is 2.44 bits per heavy atom. The molecule has 0 saturated carbocycles. The van der Waals surface area contributed by atoms with Crippen molar-refractivity contribution in [3.05, 3.63) is 94.5 Å². The van der Waals surface area contributed by atoms with Crippen LogP contribution in [0.1, 0.15) is 43.8 Å². The molecule has 5 rings (SSSR count). The van der Waals surface area contributed by atoms with Crippen LogP contribution in [0.2, 0.25) is 0 Å². The van der Waals surface area contributed by atoms with Gasteiger partial charge < -0.3 is 24.8 Å². The van der Waals surface area contributed by atoms with E-state index in [4.69, 9.17) is 9.73 Å². The van der Waals surface area contributed by atoms with Crippen molar-refractivity contribution < 1.29 is 24.5 Å². The first-order valence-electron chi connectivity index (χ1n) is 13.7. The molecule has 1 saturated heterocycles. The van der Waals surface area contributed by atoms with Crippen molar-refractivity contribution in [3.8, 4) is 5.88 Å². The first kappa shape index (κ1) is 28.1. The normalized spacial score (nSPS) is 14.7. The molecular formula is C32H34N4O5. The number of aromatic amines is 1. The second-order valence-corrected chi connectivity index (χ2v) is 10.1. The number of β-amino-alcohol motifs (C(OH)–C–C–N with tert-alkyl or cyclic N) is 1. The number of benzene rings is 3. The molecule has 1 fully saturated rings. The maximum absolute atomic E-state index is 13.2. The number of carbonyl (C=O) groups is 2. The van der Waals surface area contributed by atoms with Gasteiger partial charge in [-0.2, -0.15) is 0 Å². The summed E-state index contributed by atoms with van der Waals surface area (Å²) in [6, 6.07) is 20.2. The average Bonchev–Trinajstić information content (AvgIpc) is 3.14. The van der Waals surface area contributed by atoms with Crippen LogP contribution in [-0.2, 0) is 4.74 Å². The SMILES string of the molecule is COC(=O)c1cc2[nH]c(O)c(C(=Nc3ccc(C(=O)N4CCCN(CCO)CC4)cc3)c3ccccc3)c2cc1C. The smallest absolute Gasteiger partial charge is 0.338 e. The van der Waals surface area contributed by atoms with Gasteiger partial charge >= 0.3 is 5.97 Å². The Kier molecular flexibility index (Phi) is 8.47. The molecule has 9 heteroatoms. The zero-order valence-electron chi connectivity index (χ0n) is 23.3. The van der Waals surface area contributed by atoms with E-state index in [2.05, 4.69) is 9.88 Å². The van der Waals surface area contributed by atoms with Crippen LogP contribution >= 0.6 is 0 Å². The second kappa shape index (κ2) is 12.4. The lowest BCUT2D eigenvalue weighted by atomic mass is 9.98. The number of nitrogens with one attached hydrogen (secondary N) is 1. The molecule has 0 unspecified atom stereocenters. The summed E-state index contributed by atoms with van der Waals surface area (Å²) in [6.07, 6.45) is 0.864. The van der Waals surface area contributed by atoms with Gasteiger partial charge in [-0.05, 0) is 61.9 Å². The average molecular weight is 555 g/mol. The Balaban J connectivity index is 1.49. The van der Waals surface area contributed by atoms with Crippen LogP contribution in [0.25, 0.3) is 10.9 Å². The van der Waals surface area contributed by atoms with Gasteiger partial charge in [-0.1, -0.05) is 30.3 Å². The van der Waals surface area contributed by atoms with Gasteiger partial charge in [-0.3, -0.25) is 9.69 Å². The van der Waals surface area contributed by atoms with Crippen molar-refractivity contribution in [1.82, 2.24) is 14.8 Å². The number of amides is 1. The Bertz CT molecular complexity index is 1580. The van der Waals surface area contributed by atoms with Gasteiger partial charge in [0, 0.05) is 48.2 Å². The summed E-state index contributed by atoms with van der Waals surface area (Å²) in [7, 11) is 1.34. The summed E-state index contributed by atoms with van der Waals surface area (Å²) >= 11 is 0. The zero-order chi connectivity index (χ0) is 28.9.